The predicted molar refractivity (Wildman–Crippen MR) is 109 cm³/mol. The summed E-state index contributed by atoms with van der Waals surface area (Å²) in [6, 6.07) is 11.2. The lowest BCUT2D eigenvalue weighted by atomic mass is 10.2. The van der Waals surface area contributed by atoms with Crippen LogP contribution in [0, 0.1) is 0 Å². The minimum atomic E-state index is -0.292. The number of ether oxygens (including phenoxy) is 1. The van der Waals surface area contributed by atoms with Gasteiger partial charge in [0.15, 0.2) is 11.4 Å². The van der Waals surface area contributed by atoms with E-state index in [2.05, 4.69) is 5.10 Å². The van der Waals surface area contributed by atoms with Crippen LogP contribution >= 0.6 is 0 Å². The highest BCUT2D eigenvalue weighted by molar-refractivity contribution is 5.95. The number of benzene rings is 1. The molecular weight excluding hydrogens is 368 g/mol. The van der Waals surface area contributed by atoms with E-state index in [4.69, 9.17) is 4.74 Å². The molecule has 0 spiro atoms. The monoisotopic (exact) mass is 392 g/mol. The Hall–Kier alpha value is -3.35. The molecule has 1 saturated carbocycles. The average molecular weight is 392 g/mol. The number of carbonyl (C=O) groups excluding carboxylic acids is 1. The lowest BCUT2D eigenvalue weighted by molar-refractivity contribution is 0.0713. The van der Waals surface area contributed by atoms with Crippen LogP contribution < -0.4 is 10.2 Å². The summed E-state index contributed by atoms with van der Waals surface area (Å²) >= 11 is 0. The SMILES string of the molecule is Cn1cc(CN(C(=O)c2c(OCc3ccccc3)c(=O)ccn2C)C2CC2)cn1. The van der Waals surface area contributed by atoms with Crippen molar-refractivity contribution < 1.29 is 9.53 Å². The van der Waals surface area contributed by atoms with E-state index >= 15 is 0 Å². The third-order valence-corrected chi connectivity index (χ3v) is 5.03. The molecule has 150 valence electrons. The quantitative estimate of drug-likeness (QED) is 0.620. The number of carbonyl (C=O) groups is 1. The Balaban J connectivity index is 1.64. The van der Waals surface area contributed by atoms with E-state index in [1.165, 1.54) is 6.07 Å². The van der Waals surface area contributed by atoms with Gasteiger partial charge < -0.3 is 14.2 Å². The van der Waals surface area contributed by atoms with Gasteiger partial charge in [-0.3, -0.25) is 14.3 Å². The summed E-state index contributed by atoms with van der Waals surface area (Å²) in [5.41, 5.74) is 1.88. The fraction of sp³-hybridized carbons (Fsp3) is 0.318. The minimum Gasteiger partial charge on any atom is -0.483 e. The molecule has 2 heterocycles. The van der Waals surface area contributed by atoms with Gasteiger partial charge in [-0.1, -0.05) is 30.3 Å². The predicted octanol–water partition coefficient (Wildman–Crippen LogP) is 2.50. The van der Waals surface area contributed by atoms with Crippen molar-refractivity contribution in [1.82, 2.24) is 19.2 Å². The maximum atomic E-state index is 13.5. The van der Waals surface area contributed by atoms with Crippen molar-refractivity contribution in [2.75, 3.05) is 0 Å². The van der Waals surface area contributed by atoms with Gasteiger partial charge in [-0.2, -0.15) is 5.10 Å². The van der Waals surface area contributed by atoms with E-state index in [0.717, 1.165) is 24.0 Å². The maximum Gasteiger partial charge on any atom is 0.275 e. The van der Waals surface area contributed by atoms with Gasteiger partial charge in [-0.05, 0) is 18.4 Å². The molecule has 3 aromatic rings. The number of nitrogens with zero attached hydrogens (tertiary/aromatic N) is 4. The van der Waals surface area contributed by atoms with Gasteiger partial charge in [0.1, 0.15) is 6.61 Å². The molecule has 0 saturated heterocycles. The van der Waals surface area contributed by atoms with Gasteiger partial charge in [0.05, 0.1) is 6.20 Å². The van der Waals surface area contributed by atoms with E-state index in [1.807, 2.05) is 48.5 Å². The number of pyridine rings is 1. The Morgan fingerprint density at radius 3 is 2.59 bits per heavy atom. The second kappa shape index (κ2) is 7.95. The zero-order valence-corrected chi connectivity index (χ0v) is 16.6. The van der Waals surface area contributed by atoms with E-state index in [0.29, 0.717) is 6.54 Å². The van der Waals surface area contributed by atoms with Crippen molar-refractivity contribution in [2.24, 2.45) is 14.1 Å². The number of hydrogen-bond acceptors (Lipinski definition) is 4. The molecule has 0 bridgehead atoms. The molecule has 1 aliphatic rings. The lowest BCUT2D eigenvalue weighted by Gasteiger charge is -2.24. The van der Waals surface area contributed by atoms with Crippen molar-refractivity contribution in [2.45, 2.75) is 32.0 Å². The number of aryl methyl sites for hydroxylation is 2. The molecule has 0 N–H and O–H groups in total. The van der Waals surface area contributed by atoms with Crippen LogP contribution in [0.15, 0.2) is 59.8 Å². The highest BCUT2D eigenvalue weighted by Crippen LogP contribution is 2.31. The van der Waals surface area contributed by atoms with Gasteiger partial charge in [-0.15, -0.1) is 0 Å². The van der Waals surface area contributed by atoms with Crippen molar-refractivity contribution in [3.63, 3.8) is 0 Å². The molecule has 2 aromatic heterocycles. The van der Waals surface area contributed by atoms with E-state index in [-0.39, 0.29) is 35.4 Å². The molecule has 4 rings (SSSR count). The molecule has 0 unspecified atom stereocenters. The third kappa shape index (κ3) is 4.23. The summed E-state index contributed by atoms with van der Waals surface area (Å²) in [5.74, 6) is -0.0969. The van der Waals surface area contributed by atoms with E-state index in [9.17, 15) is 9.59 Å². The van der Waals surface area contributed by atoms with Gasteiger partial charge in [-0.25, -0.2) is 0 Å². The lowest BCUT2D eigenvalue weighted by Crippen LogP contribution is -2.35. The topological polar surface area (TPSA) is 69.4 Å². The first-order chi connectivity index (χ1) is 14.0. The smallest absolute Gasteiger partial charge is 0.275 e. The second-order valence-corrected chi connectivity index (χ2v) is 7.43. The van der Waals surface area contributed by atoms with Crippen molar-refractivity contribution in [1.29, 1.82) is 0 Å². The van der Waals surface area contributed by atoms with Crippen LogP contribution in [0.1, 0.15) is 34.5 Å². The molecule has 7 heteroatoms. The zero-order chi connectivity index (χ0) is 20.4. The average Bonchev–Trinajstić information content (AvgIpc) is 3.48. The van der Waals surface area contributed by atoms with Crippen molar-refractivity contribution in [3.05, 3.63) is 82.0 Å². The van der Waals surface area contributed by atoms with Gasteiger partial charge in [0.2, 0.25) is 5.43 Å². The summed E-state index contributed by atoms with van der Waals surface area (Å²) in [6.45, 7) is 0.685. The maximum absolute atomic E-state index is 13.5. The fourth-order valence-electron chi connectivity index (χ4n) is 3.36. The van der Waals surface area contributed by atoms with E-state index in [1.54, 1.807) is 28.7 Å². The summed E-state index contributed by atoms with van der Waals surface area (Å²) in [4.78, 5) is 27.9. The Morgan fingerprint density at radius 1 is 1.17 bits per heavy atom. The molecule has 1 aromatic carbocycles. The number of aromatic nitrogens is 3. The van der Waals surface area contributed by atoms with Gasteiger partial charge in [0, 0.05) is 50.7 Å². The van der Waals surface area contributed by atoms with Crippen LogP contribution in [0.25, 0.3) is 0 Å². The highest BCUT2D eigenvalue weighted by Gasteiger charge is 2.35. The minimum absolute atomic E-state index is 0.0979. The Bertz CT molecular complexity index is 1070. The first kappa shape index (κ1) is 19.0. The summed E-state index contributed by atoms with van der Waals surface area (Å²) < 4.78 is 9.25. The Kier molecular flexibility index (Phi) is 5.20. The molecule has 1 aliphatic carbocycles. The first-order valence-electron chi connectivity index (χ1n) is 9.68. The Labute approximate surface area is 169 Å². The summed E-state index contributed by atoms with van der Waals surface area (Å²) in [7, 11) is 3.61. The van der Waals surface area contributed by atoms with Gasteiger partial charge in [0.25, 0.3) is 5.91 Å². The van der Waals surface area contributed by atoms with E-state index < -0.39 is 0 Å². The molecule has 1 amide bonds. The van der Waals surface area contributed by atoms with Crippen LogP contribution in [-0.2, 0) is 27.2 Å². The highest BCUT2D eigenvalue weighted by atomic mass is 16.5. The second-order valence-electron chi connectivity index (χ2n) is 7.43. The van der Waals surface area contributed by atoms with Crippen LogP contribution in [0.3, 0.4) is 0 Å². The van der Waals surface area contributed by atoms with Crippen LogP contribution in [-0.4, -0.2) is 31.2 Å². The van der Waals surface area contributed by atoms with Crippen LogP contribution in [0.2, 0.25) is 0 Å². The summed E-state index contributed by atoms with van der Waals surface area (Å²) in [6.07, 6.45) is 7.21. The molecule has 29 heavy (non-hydrogen) atoms. The number of amides is 1. The zero-order valence-electron chi connectivity index (χ0n) is 16.6. The standard InChI is InChI=1S/C22H24N4O3/c1-24-11-10-19(27)21(29-15-16-6-4-3-5-7-16)20(24)22(28)26(18-8-9-18)14-17-12-23-25(2)13-17/h3-7,10-13,18H,8-9,14-15H2,1-2H3. The molecule has 0 aliphatic heterocycles. The van der Waals surface area contributed by atoms with Crippen molar-refractivity contribution >= 4 is 5.91 Å². The summed E-state index contributed by atoms with van der Waals surface area (Å²) in [5, 5.41) is 4.19. The normalized spacial score (nSPS) is 13.3. The molecule has 0 atom stereocenters. The Morgan fingerprint density at radius 2 is 1.93 bits per heavy atom. The number of rotatable bonds is 7. The van der Waals surface area contributed by atoms with Crippen molar-refractivity contribution in [3.8, 4) is 5.75 Å². The first-order valence-corrected chi connectivity index (χ1v) is 9.68. The molecular formula is C22H24N4O3. The van der Waals surface area contributed by atoms with Crippen LogP contribution in [0.4, 0.5) is 0 Å². The largest absolute Gasteiger partial charge is 0.483 e. The molecule has 0 radical (unpaired) electrons. The number of hydrogen-bond donors (Lipinski definition) is 0. The molecule has 1 fully saturated rings. The molecule has 7 nitrogen and oxygen atoms in total. The third-order valence-electron chi connectivity index (χ3n) is 5.03. The van der Waals surface area contributed by atoms with Gasteiger partial charge >= 0.3 is 0 Å². The van der Waals surface area contributed by atoms with Crippen LogP contribution in [0.5, 0.6) is 5.75 Å². The fourth-order valence-corrected chi connectivity index (χ4v) is 3.36.